The lowest BCUT2D eigenvalue weighted by molar-refractivity contribution is -0.123. The van der Waals surface area contributed by atoms with Gasteiger partial charge in [0.15, 0.2) is 0 Å². The lowest BCUT2D eigenvalue weighted by Gasteiger charge is -2.22. The zero-order valence-electron chi connectivity index (χ0n) is 17.8. The van der Waals surface area contributed by atoms with Gasteiger partial charge in [0, 0.05) is 9.37 Å². The standard InChI is InChI=1S/C24H25BrN2O3S2/c1-17(19-8-12-21(31-2)13-9-19)26-24(28)23(16-18-6-4-3-5-7-18)27-32(29,30)22-14-10-20(25)11-15-22/h3-15,17,23,27H,16H2,1-2H3,(H,26,28)/t17-,23-/m0/s1. The number of rotatable bonds is 9. The van der Waals surface area contributed by atoms with Gasteiger partial charge in [0.2, 0.25) is 15.9 Å². The van der Waals surface area contributed by atoms with Crippen LogP contribution in [0, 0.1) is 0 Å². The molecule has 0 radical (unpaired) electrons. The van der Waals surface area contributed by atoms with Gasteiger partial charge in [0.1, 0.15) is 6.04 Å². The van der Waals surface area contributed by atoms with Crippen LogP contribution in [0.15, 0.2) is 93.1 Å². The third kappa shape index (κ3) is 6.68. The molecule has 0 heterocycles. The van der Waals surface area contributed by atoms with Crippen LogP contribution in [-0.2, 0) is 21.2 Å². The van der Waals surface area contributed by atoms with Gasteiger partial charge in [-0.05, 0) is 67.1 Å². The quantitative estimate of drug-likeness (QED) is 0.383. The molecule has 3 aromatic carbocycles. The molecule has 0 bridgehead atoms. The number of amides is 1. The lowest BCUT2D eigenvalue weighted by Crippen LogP contribution is -2.48. The minimum atomic E-state index is -3.89. The van der Waals surface area contributed by atoms with Crippen molar-refractivity contribution in [1.82, 2.24) is 10.0 Å². The van der Waals surface area contributed by atoms with Crippen molar-refractivity contribution in [2.24, 2.45) is 0 Å². The molecule has 8 heteroatoms. The van der Waals surface area contributed by atoms with Crippen molar-refractivity contribution in [3.63, 3.8) is 0 Å². The number of halogens is 1. The first-order chi connectivity index (χ1) is 15.3. The highest BCUT2D eigenvalue weighted by atomic mass is 79.9. The maximum atomic E-state index is 13.2. The average molecular weight is 534 g/mol. The fraction of sp³-hybridized carbons (Fsp3) is 0.208. The molecule has 1 amide bonds. The fourth-order valence-corrected chi connectivity index (χ4v) is 5.06. The molecular weight excluding hydrogens is 508 g/mol. The largest absolute Gasteiger partial charge is 0.348 e. The van der Waals surface area contributed by atoms with Gasteiger partial charge >= 0.3 is 0 Å². The van der Waals surface area contributed by atoms with Gasteiger partial charge in [0.25, 0.3) is 0 Å². The maximum Gasteiger partial charge on any atom is 0.241 e. The summed E-state index contributed by atoms with van der Waals surface area (Å²) in [5, 5.41) is 2.96. The van der Waals surface area contributed by atoms with Gasteiger partial charge in [-0.25, -0.2) is 8.42 Å². The Labute approximate surface area is 202 Å². The zero-order chi connectivity index (χ0) is 23.1. The second-order valence-electron chi connectivity index (χ2n) is 7.32. The summed E-state index contributed by atoms with van der Waals surface area (Å²) in [5.74, 6) is -0.379. The van der Waals surface area contributed by atoms with Crippen LogP contribution in [0.2, 0.25) is 0 Å². The van der Waals surface area contributed by atoms with E-state index >= 15 is 0 Å². The highest BCUT2D eigenvalue weighted by Crippen LogP contribution is 2.20. The van der Waals surface area contributed by atoms with Gasteiger partial charge in [-0.1, -0.05) is 58.4 Å². The van der Waals surface area contributed by atoms with Crippen molar-refractivity contribution in [1.29, 1.82) is 0 Å². The number of thioether (sulfide) groups is 1. The Bertz CT molecular complexity index is 1140. The van der Waals surface area contributed by atoms with Crippen molar-refractivity contribution in [2.45, 2.75) is 35.2 Å². The normalized spacial score (nSPS) is 13.3. The van der Waals surface area contributed by atoms with Crippen LogP contribution in [0.4, 0.5) is 0 Å². The first-order valence-electron chi connectivity index (χ1n) is 10.0. The van der Waals surface area contributed by atoms with Crippen LogP contribution < -0.4 is 10.0 Å². The van der Waals surface area contributed by atoms with Crippen LogP contribution >= 0.6 is 27.7 Å². The highest BCUT2D eigenvalue weighted by Gasteiger charge is 2.27. The molecule has 5 nitrogen and oxygen atoms in total. The van der Waals surface area contributed by atoms with E-state index in [9.17, 15) is 13.2 Å². The van der Waals surface area contributed by atoms with Gasteiger partial charge < -0.3 is 5.32 Å². The zero-order valence-corrected chi connectivity index (χ0v) is 21.0. The van der Waals surface area contributed by atoms with E-state index in [1.807, 2.05) is 67.8 Å². The van der Waals surface area contributed by atoms with Gasteiger partial charge in [0.05, 0.1) is 10.9 Å². The van der Waals surface area contributed by atoms with Crippen LogP contribution in [0.1, 0.15) is 24.1 Å². The molecule has 0 fully saturated rings. The van der Waals surface area contributed by atoms with Crippen molar-refractivity contribution in [2.75, 3.05) is 6.26 Å². The number of carbonyl (C=O) groups excluding carboxylic acids is 1. The summed E-state index contributed by atoms with van der Waals surface area (Å²) < 4.78 is 29.3. The minimum absolute atomic E-state index is 0.104. The molecule has 0 saturated carbocycles. The Morgan fingerprint density at radius 2 is 1.59 bits per heavy atom. The number of hydrogen-bond donors (Lipinski definition) is 2. The molecule has 32 heavy (non-hydrogen) atoms. The molecule has 2 N–H and O–H groups in total. The third-order valence-corrected chi connectivity index (χ3v) is 7.75. The molecule has 2 atom stereocenters. The Kier molecular flexibility index (Phi) is 8.53. The van der Waals surface area contributed by atoms with E-state index < -0.39 is 16.1 Å². The Morgan fingerprint density at radius 1 is 0.969 bits per heavy atom. The summed E-state index contributed by atoms with van der Waals surface area (Å²) in [4.78, 5) is 14.4. The molecule has 0 spiro atoms. The molecular formula is C24H25BrN2O3S2. The van der Waals surface area contributed by atoms with Crippen molar-refractivity contribution < 1.29 is 13.2 Å². The Morgan fingerprint density at radius 3 is 2.19 bits per heavy atom. The first-order valence-corrected chi connectivity index (χ1v) is 13.5. The molecule has 168 valence electrons. The van der Waals surface area contributed by atoms with Gasteiger partial charge in [-0.15, -0.1) is 11.8 Å². The average Bonchev–Trinajstić information content (AvgIpc) is 2.79. The van der Waals surface area contributed by atoms with Crippen LogP contribution in [-0.4, -0.2) is 26.6 Å². The number of carbonyl (C=O) groups is 1. The van der Waals surface area contributed by atoms with Crippen molar-refractivity contribution in [3.8, 4) is 0 Å². The van der Waals surface area contributed by atoms with E-state index in [1.54, 1.807) is 23.9 Å². The molecule has 0 aliphatic carbocycles. The molecule has 0 unspecified atom stereocenters. The Hall–Kier alpha value is -2.13. The number of sulfonamides is 1. The molecule has 0 saturated heterocycles. The maximum absolute atomic E-state index is 13.2. The number of nitrogens with one attached hydrogen (secondary N) is 2. The molecule has 0 aliphatic rings. The van der Waals surface area contributed by atoms with E-state index in [1.165, 1.54) is 12.1 Å². The predicted octanol–water partition coefficient (Wildman–Crippen LogP) is 4.94. The van der Waals surface area contributed by atoms with Crippen LogP contribution in [0.3, 0.4) is 0 Å². The topological polar surface area (TPSA) is 75.3 Å². The first kappa shape index (κ1) is 24.5. The summed E-state index contributed by atoms with van der Waals surface area (Å²) in [6.07, 6.45) is 2.24. The van der Waals surface area contributed by atoms with Gasteiger partial charge in [-0.2, -0.15) is 4.72 Å². The highest BCUT2D eigenvalue weighted by molar-refractivity contribution is 9.10. The van der Waals surface area contributed by atoms with E-state index in [0.717, 1.165) is 20.5 Å². The van der Waals surface area contributed by atoms with Crippen LogP contribution in [0.5, 0.6) is 0 Å². The van der Waals surface area contributed by atoms with E-state index in [-0.39, 0.29) is 23.3 Å². The lowest BCUT2D eigenvalue weighted by atomic mass is 10.0. The SMILES string of the molecule is CSc1ccc([C@H](C)NC(=O)[C@H](Cc2ccccc2)NS(=O)(=O)c2ccc(Br)cc2)cc1. The minimum Gasteiger partial charge on any atom is -0.348 e. The van der Waals surface area contributed by atoms with Crippen molar-refractivity contribution >= 4 is 43.6 Å². The molecule has 3 aromatic rings. The summed E-state index contributed by atoms with van der Waals surface area (Å²) in [5.41, 5.74) is 1.81. The third-order valence-electron chi connectivity index (χ3n) is 5.00. The molecule has 0 aromatic heterocycles. The van der Waals surface area contributed by atoms with Crippen LogP contribution in [0.25, 0.3) is 0 Å². The Balaban J connectivity index is 1.81. The smallest absolute Gasteiger partial charge is 0.241 e. The summed E-state index contributed by atoms with van der Waals surface area (Å²) in [6, 6.07) is 22.4. The summed E-state index contributed by atoms with van der Waals surface area (Å²) in [7, 11) is -3.89. The fourth-order valence-electron chi connectivity index (χ4n) is 3.20. The second kappa shape index (κ2) is 11.1. The van der Waals surface area contributed by atoms with E-state index in [4.69, 9.17) is 0 Å². The summed E-state index contributed by atoms with van der Waals surface area (Å²) >= 11 is 4.96. The summed E-state index contributed by atoms with van der Waals surface area (Å²) in [6.45, 7) is 1.88. The molecule has 0 aliphatic heterocycles. The van der Waals surface area contributed by atoms with E-state index in [2.05, 4.69) is 26.0 Å². The number of benzene rings is 3. The monoisotopic (exact) mass is 532 g/mol. The van der Waals surface area contributed by atoms with E-state index in [0.29, 0.717) is 0 Å². The number of hydrogen-bond acceptors (Lipinski definition) is 4. The van der Waals surface area contributed by atoms with Gasteiger partial charge in [-0.3, -0.25) is 4.79 Å². The second-order valence-corrected chi connectivity index (χ2v) is 10.8. The predicted molar refractivity (Wildman–Crippen MR) is 133 cm³/mol. The van der Waals surface area contributed by atoms with Crippen molar-refractivity contribution in [3.05, 3.63) is 94.5 Å². The molecule has 3 rings (SSSR count).